The number of nitro groups is 1. The van der Waals surface area contributed by atoms with Gasteiger partial charge in [-0.25, -0.2) is 22.3 Å². The Bertz CT molecular complexity index is 1920. The van der Waals surface area contributed by atoms with Crippen molar-refractivity contribution in [3.05, 3.63) is 80.6 Å². The van der Waals surface area contributed by atoms with Crippen molar-refractivity contribution in [2.24, 2.45) is 0 Å². The number of ether oxygens (including phenoxy) is 3. The van der Waals surface area contributed by atoms with Crippen LogP contribution in [-0.2, 0) is 24.3 Å². The minimum atomic E-state index is -4.71. The molecule has 4 rings (SSSR count). The molecule has 1 atom stereocenters. The maximum atomic E-state index is 14.8. The SMILES string of the molecule is CC(C)(C)OC(=O)Nc1ccc(Oc2cc(Br)ccc2C(=O)NS(=O)(=O)c2ccc(NC(CC(=O)O)CN3CCOCC3)c([N+](=O)[O-])c2)cc1F. The van der Waals surface area contributed by atoms with Crippen LogP contribution < -0.4 is 20.1 Å². The number of nitrogens with zero attached hydrogens (tertiary/aromatic N) is 2. The van der Waals surface area contributed by atoms with E-state index in [0.29, 0.717) is 30.8 Å². The molecule has 0 radical (unpaired) electrons. The summed E-state index contributed by atoms with van der Waals surface area (Å²) < 4.78 is 59.9. The molecule has 51 heavy (non-hydrogen) atoms. The Hall–Kier alpha value is -4.85. The first-order valence-corrected chi connectivity index (χ1v) is 17.6. The van der Waals surface area contributed by atoms with E-state index in [1.807, 2.05) is 9.62 Å². The molecule has 1 heterocycles. The Labute approximate surface area is 300 Å². The maximum absolute atomic E-state index is 14.8. The van der Waals surface area contributed by atoms with Gasteiger partial charge in [0.1, 0.15) is 22.8 Å². The number of rotatable bonds is 13. The Morgan fingerprint density at radius 3 is 2.39 bits per heavy atom. The molecule has 3 aromatic rings. The number of hydrogen-bond donors (Lipinski definition) is 4. The lowest BCUT2D eigenvalue weighted by Gasteiger charge is -2.30. The van der Waals surface area contributed by atoms with Gasteiger partial charge in [-0.15, -0.1) is 0 Å². The molecule has 0 aliphatic carbocycles. The van der Waals surface area contributed by atoms with E-state index in [1.165, 1.54) is 30.3 Å². The van der Waals surface area contributed by atoms with E-state index >= 15 is 0 Å². The fourth-order valence-electron chi connectivity index (χ4n) is 4.84. The highest BCUT2D eigenvalue weighted by Gasteiger charge is 2.28. The topological polar surface area (TPSA) is 216 Å². The molecule has 1 saturated heterocycles. The first kappa shape index (κ1) is 38.9. The third kappa shape index (κ3) is 11.3. The van der Waals surface area contributed by atoms with Crippen LogP contribution in [0, 0.1) is 15.9 Å². The number of benzene rings is 3. The van der Waals surface area contributed by atoms with Crippen LogP contribution in [0.3, 0.4) is 0 Å². The van der Waals surface area contributed by atoms with Crippen LogP contribution in [0.25, 0.3) is 0 Å². The van der Waals surface area contributed by atoms with E-state index in [4.69, 9.17) is 14.2 Å². The summed E-state index contributed by atoms with van der Waals surface area (Å²) in [5.74, 6) is -3.49. The first-order chi connectivity index (χ1) is 23.9. The van der Waals surface area contributed by atoms with Crippen molar-refractivity contribution < 1.29 is 51.4 Å². The number of carboxylic acids is 1. The number of halogens is 2. The monoisotopic (exact) mass is 795 g/mol. The first-order valence-electron chi connectivity index (χ1n) is 15.3. The van der Waals surface area contributed by atoms with Crippen LogP contribution in [0.1, 0.15) is 37.6 Å². The zero-order chi connectivity index (χ0) is 37.5. The van der Waals surface area contributed by atoms with Crippen molar-refractivity contribution in [3.8, 4) is 11.5 Å². The average Bonchev–Trinajstić information content (AvgIpc) is 3.01. The Morgan fingerprint density at radius 1 is 1.08 bits per heavy atom. The van der Waals surface area contributed by atoms with Gasteiger partial charge in [0.2, 0.25) is 0 Å². The summed E-state index contributed by atoms with van der Waals surface area (Å²) in [5.41, 5.74) is -2.10. The number of nitrogens with one attached hydrogen (secondary N) is 3. The molecule has 19 heteroatoms. The summed E-state index contributed by atoms with van der Waals surface area (Å²) in [4.78, 5) is 49.4. The van der Waals surface area contributed by atoms with E-state index in [1.54, 1.807) is 20.8 Å². The minimum absolute atomic E-state index is 0.106. The zero-order valence-corrected chi connectivity index (χ0v) is 30.0. The summed E-state index contributed by atoms with van der Waals surface area (Å²) in [7, 11) is -4.71. The van der Waals surface area contributed by atoms with Gasteiger partial charge in [0.25, 0.3) is 21.6 Å². The van der Waals surface area contributed by atoms with Gasteiger partial charge < -0.3 is 24.6 Å². The molecule has 1 aliphatic rings. The van der Waals surface area contributed by atoms with Gasteiger partial charge >= 0.3 is 12.1 Å². The Balaban J connectivity index is 1.53. The molecule has 0 aromatic heterocycles. The van der Waals surface area contributed by atoms with Crippen molar-refractivity contribution in [1.29, 1.82) is 0 Å². The van der Waals surface area contributed by atoms with Crippen molar-refractivity contribution in [3.63, 3.8) is 0 Å². The number of morpholine rings is 1. The third-order valence-corrected chi connectivity index (χ3v) is 8.88. The highest BCUT2D eigenvalue weighted by Crippen LogP contribution is 2.32. The van der Waals surface area contributed by atoms with Gasteiger partial charge in [-0.1, -0.05) is 15.9 Å². The van der Waals surface area contributed by atoms with Crippen molar-refractivity contribution >= 4 is 61.0 Å². The lowest BCUT2D eigenvalue weighted by molar-refractivity contribution is -0.384. The zero-order valence-electron chi connectivity index (χ0n) is 27.6. The molecular weight excluding hydrogens is 761 g/mol. The summed E-state index contributed by atoms with van der Waals surface area (Å²) in [6, 6.07) is 9.58. The van der Waals surface area contributed by atoms with E-state index in [2.05, 4.69) is 26.6 Å². The molecule has 3 aromatic carbocycles. The fourth-order valence-corrected chi connectivity index (χ4v) is 6.17. The molecule has 2 amide bonds. The number of sulfonamides is 1. The van der Waals surface area contributed by atoms with Crippen LogP contribution in [0.15, 0.2) is 64.0 Å². The number of aliphatic carboxylic acids is 1. The average molecular weight is 797 g/mol. The summed E-state index contributed by atoms with van der Waals surface area (Å²) in [6.45, 7) is 7.15. The highest BCUT2D eigenvalue weighted by molar-refractivity contribution is 9.10. The van der Waals surface area contributed by atoms with E-state index < -0.39 is 61.0 Å². The van der Waals surface area contributed by atoms with Gasteiger partial charge in [0.15, 0.2) is 5.82 Å². The molecule has 1 unspecified atom stereocenters. The van der Waals surface area contributed by atoms with Gasteiger partial charge in [-0.05, 0) is 63.2 Å². The summed E-state index contributed by atoms with van der Waals surface area (Å²) in [6.07, 6.45) is -1.26. The molecular formula is C32H35BrFN5O11S. The Kier molecular flexibility index (Phi) is 12.6. The number of carboxylic acid groups (broad SMARTS) is 1. The molecule has 16 nitrogen and oxygen atoms in total. The second-order valence-corrected chi connectivity index (χ2v) is 14.8. The van der Waals surface area contributed by atoms with E-state index in [0.717, 1.165) is 24.3 Å². The van der Waals surface area contributed by atoms with Crippen LogP contribution in [0.5, 0.6) is 11.5 Å². The lowest BCUT2D eigenvalue weighted by Crippen LogP contribution is -2.44. The van der Waals surface area contributed by atoms with Gasteiger partial charge in [0.05, 0.1) is 40.7 Å². The quantitative estimate of drug-likeness (QED) is 0.127. The predicted molar refractivity (Wildman–Crippen MR) is 185 cm³/mol. The van der Waals surface area contributed by atoms with Crippen molar-refractivity contribution in [1.82, 2.24) is 9.62 Å². The number of amides is 2. The van der Waals surface area contributed by atoms with Gasteiger partial charge in [0, 0.05) is 42.3 Å². The molecule has 1 fully saturated rings. The highest BCUT2D eigenvalue weighted by atomic mass is 79.9. The van der Waals surface area contributed by atoms with Crippen molar-refractivity contribution in [2.75, 3.05) is 43.5 Å². The summed E-state index contributed by atoms with van der Waals surface area (Å²) in [5, 5.41) is 26.6. The van der Waals surface area contributed by atoms with Crippen LogP contribution in [0.4, 0.5) is 26.2 Å². The van der Waals surface area contributed by atoms with Crippen LogP contribution >= 0.6 is 15.9 Å². The van der Waals surface area contributed by atoms with E-state index in [9.17, 15) is 42.4 Å². The standard InChI is InChI=1S/C32H35BrFN5O11S/c1-32(2,3)50-31(43)36-25-8-5-21(16-24(25)34)49-28-14-19(33)4-7-23(28)30(42)37-51(46,47)22-6-9-26(27(17-22)39(44)45)35-20(15-29(40)41)18-38-10-12-48-13-11-38/h4-9,14,16-17,20,35H,10-13,15,18H2,1-3H3,(H,36,43)(H,37,42)(H,40,41). The van der Waals surface area contributed by atoms with Crippen LogP contribution in [-0.4, -0.2) is 85.8 Å². The second kappa shape index (κ2) is 16.4. The molecule has 0 bridgehead atoms. The number of carbonyl (C=O) groups is 3. The largest absolute Gasteiger partial charge is 0.481 e. The van der Waals surface area contributed by atoms with E-state index in [-0.39, 0.29) is 41.4 Å². The lowest BCUT2D eigenvalue weighted by atomic mass is 10.1. The molecule has 274 valence electrons. The Morgan fingerprint density at radius 2 is 1.76 bits per heavy atom. The molecule has 4 N–H and O–H groups in total. The fraction of sp³-hybridized carbons (Fsp3) is 0.344. The number of anilines is 2. The number of hydrogen-bond acceptors (Lipinski definition) is 12. The van der Waals surface area contributed by atoms with Gasteiger partial charge in [-0.3, -0.25) is 29.9 Å². The normalized spacial score (nSPS) is 14.2. The van der Waals surface area contributed by atoms with Crippen molar-refractivity contribution in [2.45, 2.75) is 43.7 Å². The minimum Gasteiger partial charge on any atom is -0.481 e. The molecule has 0 saturated carbocycles. The molecule has 1 aliphatic heterocycles. The maximum Gasteiger partial charge on any atom is 0.412 e. The summed E-state index contributed by atoms with van der Waals surface area (Å²) >= 11 is 3.24. The predicted octanol–water partition coefficient (Wildman–Crippen LogP) is 5.34. The van der Waals surface area contributed by atoms with Gasteiger partial charge in [-0.2, -0.15) is 0 Å². The smallest absolute Gasteiger partial charge is 0.412 e. The third-order valence-electron chi connectivity index (χ3n) is 7.06. The number of carbonyl (C=O) groups excluding carboxylic acids is 2. The molecule has 0 spiro atoms. The second-order valence-electron chi connectivity index (χ2n) is 12.2. The number of nitro benzene ring substituents is 1. The van der Waals surface area contributed by atoms with Crippen LogP contribution in [0.2, 0.25) is 0 Å².